The van der Waals surface area contributed by atoms with E-state index in [1.165, 1.54) is 18.2 Å². The molecule has 0 fully saturated rings. The topological polar surface area (TPSA) is 78.0 Å². The lowest BCUT2D eigenvalue weighted by atomic mass is 10.0. The second kappa shape index (κ2) is 7.23. The number of carbonyl (C=O) groups is 2. The van der Waals surface area contributed by atoms with Crippen molar-refractivity contribution >= 4 is 39.8 Å². The summed E-state index contributed by atoms with van der Waals surface area (Å²) in [6, 6.07) is 15.5. The van der Waals surface area contributed by atoms with Crippen molar-refractivity contribution in [2.24, 2.45) is 7.05 Å². The van der Waals surface area contributed by atoms with E-state index in [1.54, 1.807) is 23.7 Å². The lowest BCUT2D eigenvalue weighted by Crippen LogP contribution is -2.04. The van der Waals surface area contributed by atoms with E-state index in [4.69, 9.17) is 4.42 Å². The van der Waals surface area contributed by atoms with Crippen molar-refractivity contribution in [3.8, 4) is 11.4 Å². The Bertz CT molecular complexity index is 1670. The van der Waals surface area contributed by atoms with E-state index < -0.39 is 23.3 Å². The number of hydrogen-bond acceptors (Lipinski definition) is 5. The monoisotopic (exact) mass is 473 g/mol. The molecule has 2 heterocycles. The molecule has 35 heavy (non-hydrogen) atoms. The molecule has 1 aliphatic carbocycles. The number of ketones is 2. The van der Waals surface area contributed by atoms with Gasteiger partial charge in [0.05, 0.1) is 11.1 Å². The van der Waals surface area contributed by atoms with E-state index in [1.807, 2.05) is 24.3 Å². The van der Waals surface area contributed by atoms with Crippen LogP contribution < -0.4 is 0 Å². The molecule has 9 heteroatoms. The van der Waals surface area contributed by atoms with Gasteiger partial charge in [-0.1, -0.05) is 36.4 Å². The van der Waals surface area contributed by atoms with Crippen molar-refractivity contribution in [3.63, 3.8) is 0 Å². The summed E-state index contributed by atoms with van der Waals surface area (Å²) in [7, 11) is 1.65. The fourth-order valence-electron chi connectivity index (χ4n) is 4.27. The molecule has 0 aliphatic heterocycles. The number of benzene rings is 3. The second-order valence-electron chi connectivity index (χ2n) is 8.21. The SMILES string of the molecule is Cn1c(-c2ccc(C(F)(F)F)cc2)nc2oc(C=C3C(=O)c4cc5ccccc5cc4C3=O)nc21. The third-order valence-corrected chi connectivity index (χ3v) is 6.05. The molecular weight excluding hydrogens is 459 g/mol. The Balaban J connectivity index is 1.36. The van der Waals surface area contributed by atoms with Crippen LogP contribution in [0.5, 0.6) is 0 Å². The summed E-state index contributed by atoms with van der Waals surface area (Å²) in [5.74, 6) is -0.412. The maximum Gasteiger partial charge on any atom is 0.416 e. The summed E-state index contributed by atoms with van der Waals surface area (Å²) >= 11 is 0. The number of aromatic nitrogens is 3. The number of oxazole rings is 1. The Morgan fingerprint density at radius 1 is 0.886 bits per heavy atom. The van der Waals surface area contributed by atoms with Crippen LogP contribution >= 0.6 is 0 Å². The maximum absolute atomic E-state index is 13.0. The van der Waals surface area contributed by atoms with Gasteiger partial charge >= 0.3 is 6.18 Å². The molecule has 0 unspecified atom stereocenters. The maximum atomic E-state index is 13.0. The molecule has 0 saturated heterocycles. The molecule has 0 N–H and O–H groups in total. The Kier molecular flexibility index (Phi) is 4.35. The van der Waals surface area contributed by atoms with E-state index in [2.05, 4.69) is 9.97 Å². The van der Waals surface area contributed by atoms with Gasteiger partial charge in [-0.05, 0) is 35.0 Å². The van der Waals surface area contributed by atoms with Crippen LogP contribution in [0.2, 0.25) is 0 Å². The Morgan fingerprint density at radius 3 is 2.03 bits per heavy atom. The molecule has 6 nitrogen and oxygen atoms in total. The van der Waals surface area contributed by atoms with Crippen LogP contribution in [0.25, 0.3) is 39.6 Å². The zero-order chi connectivity index (χ0) is 24.5. The molecular formula is C26H14F3N3O3. The summed E-state index contributed by atoms with van der Waals surface area (Å²) < 4.78 is 45.8. The number of Topliss-reactive ketones (excluding diaryl/α,β-unsaturated/α-hetero) is 2. The number of imidazole rings is 1. The standard InChI is InChI=1S/C26H14F3N3O3/c1-32-23(13-6-8-16(9-7-13)26(27,28)29)31-25-24(32)30-20(35-25)12-19-21(33)17-10-14-4-2-3-5-15(14)11-18(17)22(19)34/h2-12H,1H3. The first kappa shape index (κ1) is 21.0. The first-order valence-corrected chi connectivity index (χ1v) is 10.6. The summed E-state index contributed by atoms with van der Waals surface area (Å²) in [5.41, 5.74) is 0.772. The average Bonchev–Trinajstić information content (AvgIpc) is 3.45. The minimum atomic E-state index is -4.43. The van der Waals surface area contributed by atoms with Crippen LogP contribution in [-0.2, 0) is 13.2 Å². The molecule has 2 aromatic heterocycles. The first-order valence-electron chi connectivity index (χ1n) is 10.6. The third kappa shape index (κ3) is 3.27. The number of carbonyl (C=O) groups excluding carboxylic acids is 2. The predicted octanol–water partition coefficient (Wildman–Crippen LogP) is 5.86. The van der Waals surface area contributed by atoms with Crippen LogP contribution in [0.1, 0.15) is 32.2 Å². The highest BCUT2D eigenvalue weighted by atomic mass is 19.4. The van der Waals surface area contributed by atoms with Gasteiger partial charge in [0, 0.05) is 29.8 Å². The van der Waals surface area contributed by atoms with Gasteiger partial charge in [0.25, 0.3) is 5.71 Å². The average molecular weight is 473 g/mol. The zero-order valence-corrected chi connectivity index (χ0v) is 18.1. The third-order valence-electron chi connectivity index (χ3n) is 6.05. The molecule has 3 aromatic carbocycles. The van der Waals surface area contributed by atoms with Crippen molar-refractivity contribution in [2.75, 3.05) is 0 Å². The van der Waals surface area contributed by atoms with E-state index in [0.29, 0.717) is 28.2 Å². The number of hydrogen-bond donors (Lipinski definition) is 0. The number of halogens is 3. The van der Waals surface area contributed by atoms with Crippen molar-refractivity contribution in [1.29, 1.82) is 0 Å². The smallest absolute Gasteiger partial charge is 0.416 e. The first-order chi connectivity index (χ1) is 16.7. The van der Waals surface area contributed by atoms with E-state index in [0.717, 1.165) is 22.9 Å². The highest BCUT2D eigenvalue weighted by Crippen LogP contribution is 2.33. The number of rotatable bonds is 2. The quantitative estimate of drug-likeness (QED) is 0.237. The van der Waals surface area contributed by atoms with Gasteiger partial charge in [0.2, 0.25) is 11.5 Å². The minimum absolute atomic E-state index is 0.0335. The molecule has 5 aromatic rings. The molecule has 0 saturated carbocycles. The zero-order valence-electron chi connectivity index (χ0n) is 18.1. The van der Waals surface area contributed by atoms with Crippen LogP contribution in [0.15, 0.2) is 70.7 Å². The molecule has 172 valence electrons. The minimum Gasteiger partial charge on any atom is -0.417 e. The molecule has 0 amide bonds. The van der Waals surface area contributed by atoms with E-state index in [9.17, 15) is 22.8 Å². The molecule has 0 bridgehead atoms. The summed E-state index contributed by atoms with van der Waals surface area (Å²) in [5, 5.41) is 1.71. The number of fused-ring (bicyclic) bond motifs is 3. The van der Waals surface area contributed by atoms with Crippen molar-refractivity contribution in [1.82, 2.24) is 14.5 Å². The Hall–Kier alpha value is -4.53. The van der Waals surface area contributed by atoms with Gasteiger partial charge in [-0.25, -0.2) is 0 Å². The van der Waals surface area contributed by atoms with Gasteiger partial charge in [0.1, 0.15) is 5.82 Å². The lowest BCUT2D eigenvalue weighted by Gasteiger charge is -2.07. The number of nitrogens with zero attached hydrogens (tertiary/aromatic N) is 3. The van der Waals surface area contributed by atoms with Gasteiger partial charge in [-0.2, -0.15) is 23.1 Å². The van der Waals surface area contributed by atoms with Crippen LogP contribution in [0.4, 0.5) is 13.2 Å². The summed E-state index contributed by atoms with van der Waals surface area (Å²) in [6.07, 6.45) is -3.13. The highest BCUT2D eigenvalue weighted by Gasteiger charge is 2.34. The van der Waals surface area contributed by atoms with Crippen LogP contribution in [0, 0.1) is 0 Å². The Labute approximate surface area is 195 Å². The van der Waals surface area contributed by atoms with Crippen LogP contribution in [-0.4, -0.2) is 26.1 Å². The number of alkyl halides is 3. The molecule has 0 radical (unpaired) electrons. The van der Waals surface area contributed by atoms with Crippen molar-refractivity contribution < 1.29 is 27.2 Å². The summed E-state index contributed by atoms with van der Waals surface area (Å²) in [6.45, 7) is 0. The van der Waals surface area contributed by atoms with Crippen molar-refractivity contribution in [3.05, 3.63) is 88.8 Å². The van der Waals surface area contributed by atoms with Crippen LogP contribution in [0.3, 0.4) is 0 Å². The van der Waals surface area contributed by atoms with Gasteiger partial charge < -0.3 is 8.98 Å². The summed E-state index contributed by atoms with van der Waals surface area (Å²) in [4.78, 5) is 34.6. The normalized spacial score (nSPS) is 13.8. The van der Waals surface area contributed by atoms with Gasteiger partial charge in [-0.15, -0.1) is 0 Å². The van der Waals surface area contributed by atoms with Crippen molar-refractivity contribution in [2.45, 2.75) is 6.18 Å². The molecule has 6 rings (SSSR count). The molecule has 1 aliphatic rings. The van der Waals surface area contributed by atoms with E-state index >= 15 is 0 Å². The van der Waals surface area contributed by atoms with E-state index in [-0.39, 0.29) is 17.2 Å². The molecule has 0 spiro atoms. The number of aryl methyl sites for hydroxylation is 1. The number of allylic oxidation sites excluding steroid dienone is 1. The fourth-order valence-corrected chi connectivity index (χ4v) is 4.27. The largest absolute Gasteiger partial charge is 0.417 e. The van der Waals surface area contributed by atoms with Gasteiger partial charge in [-0.3, -0.25) is 9.59 Å². The lowest BCUT2D eigenvalue weighted by molar-refractivity contribution is -0.137. The second-order valence-corrected chi connectivity index (χ2v) is 8.21. The fraction of sp³-hybridized carbons (Fsp3) is 0.0769. The predicted molar refractivity (Wildman–Crippen MR) is 122 cm³/mol. The Morgan fingerprint density at radius 2 is 1.49 bits per heavy atom. The highest BCUT2D eigenvalue weighted by molar-refractivity contribution is 6.42. The molecule has 0 atom stereocenters. The van der Waals surface area contributed by atoms with Gasteiger partial charge in [0.15, 0.2) is 11.6 Å².